The minimum Gasteiger partial charge on any atom is -0.496 e. The van der Waals surface area contributed by atoms with E-state index in [4.69, 9.17) is 21.7 Å². The molecule has 29 heavy (non-hydrogen) atoms. The summed E-state index contributed by atoms with van der Waals surface area (Å²) in [5, 5.41) is 3.55. The van der Waals surface area contributed by atoms with Crippen LogP contribution in [0.1, 0.15) is 35.1 Å². The summed E-state index contributed by atoms with van der Waals surface area (Å²) in [4.78, 5) is 14.3. The summed E-state index contributed by atoms with van der Waals surface area (Å²) in [5.74, 6) is 1.58. The monoisotopic (exact) mass is 408 g/mol. The van der Waals surface area contributed by atoms with Crippen LogP contribution in [0.15, 0.2) is 42.1 Å². The molecular weight excluding hydrogens is 384 g/mol. The molecule has 0 atom stereocenters. The summed E-state index contributed by atoms with van der Waals surface area (Å²) in [6.45, 7) is 4.44. The fourth-order valence-electron chi connectivity index (χ4n) is 3.56. The zero-order chi connectivity index (χ0) is 20.5. The maximum atomic E-state index is 12.7. The molecule has 1 saturated carbocycles. The first-order chi connectivity index (χ1) is 14.0. The molecule has 1 heterocycles. The Morgan fingerprint density at radius 3 is 2.59 bits per heavy atom. The number of benzene rings is 2. The van der Waals surface area contributed by atoms with Crippen LogP contribution in [0.25, 0.3) is 6.08 Å². The van der Waals surface area contributed by atoms with Crippen molar-refractivity contribution < 1.29 is 14.3 Å². The first-order valence-corrected chi connectivity index (χ1v) is 10.1. The molecule has 1 N–H and O–H groups in total. The average Bonchev–Trinajstić information content (AvgIpc) is 3.48. The van der Waals surface area contributed by atoms with Gasteiger partial charge in [0, 0.05) is 11.6 Å². The van der Waals surface area contributed by atoms with Gasteiger partial charge in [-0.25, -0.2) is 0 Å². The average molecular weight is 409 g/mol. The lowest BCUT2D eigenvalue weighted by atomic mass is 10.1. The van der Waals surface area contributed by atoms with E-state index in [1.54, 1.807) is 12.0 Å². The van der Waals surface area contributed by atoms with Crippen LogP contribution in [-0.2, 0) is 11.4 Å². The summed E-state index contributed by atoms with van der Waals surface area (Å²) >= 11 is 5.33. The topological polar surface area (TPSA) is 50.8 Å². The number of rotatable bonds is 6. The second kappa shape index (κ2) is 7.87. The lowest BCUT2D eigenvalue weighted by molar-refractivity contribution is -0.122. The van der Waals surface area contributed by atoms with E-state index >= 15 is 0 Å². The normalized spacial score (nSPS) is 17.6. The molecule has 2 fully saturated rings. The van der Waals surface area contributed by atoms with Gasteiger partial charge >= 0.3 is 0 Å². The number of hydrogen-bond donors (Lipinski definition) is 1. The van der Waals surface area contributed by atoms with Crippen molar-refractivity contribution in [3.8, 4) is 11.5 Å². The highest BCUT2D eigenvalue weighted by atomic mass is 32.1. The molecule has 2 aliphatic rings. The number of methoxy groups -OCH3 is 1. The molecule has 6 heteroatoms. The van der Waals surface area contributed by atoms with E-state index in [0.29, 0.717) is 17.4 Å². The number of nitrogens with one attached hydrogen (secondary N) is 1. The van der Waals surface area contributed by atoms with Crippen molar-refractivity contribution in [1.29, 1.82) is 0 Å². The number of amides is 1. The molecule has 4 rings (SSSR count). The quantitative estimate of drug-likeness (QED) is 0.576. The molecular formula is C23H24N2O3S. The van der Waals surface area contributed by atoms with Crippen LogP contribution in [0, 0.1) is 13.8 Å². The van der Waals surface area contributed by atoms with E-state index in [-0.39, 0.29) is 11.9 Å². The van der Waals surface area contributed by atoms with E-state index in [0.717, 1.165) is 46.6 Å². The zero-order valence-electron chi connectivity index (χ0n) is 16.8. The molecule has 0 spiro atoms. The van der Waals surface area contributed by atoms with Gasteiger partial charge in [0.1, 0.15) is 23.8 Å². The van der Waals surface area contributed by atoms with Crippen molar-refractivity contribution in [3.05, 3.63) is 64.3 Å². The fourth-order valence-corrected chi connectivity index (χ4v) is 3.90. The number of hydrogen-bond acceptors (Lipinski definition) is 4. The van der Waals surface area contributed by atoms with Gasteiger partial charge in [-0.2, -0.15) is 0 Å². The molecule has 0 unspecified atom stereocenters. The van der Waals surface area contributed by atoms with Gasteiger partial charge in [0.25, 0.3) is 5.91 Å². The Morgan fingerprint density at radius 2 is 1.93 bits per heavy atom. The highest BCUT2D eigenvalue weighted by molar-refractivity contribution is 7.80. The predicted octanol–water partition coefficient (Wildman–Crippen LogP) is 4.11. The Labute approximate surface area is 176 Å². The Balaban J connectivity index is 1.57. The Hall–Kier alpha value is -2.86. The zero-order valence-corrected chi connectivity index (χ0v) is 17.6. The van der Waals surface area contributed by atoms with E-state index in [1.807, 2.05) is 56.3 Å². The summed E-state index contributed by atoms with van der Waals surface area (Å²) < 4.78 is 11.6. The maximum absolute atomic E-state index is 12.7. The number of nitrogens with zero attached hydrogens (tertiary/aromatic N) is 1. The molecule has 0 bridgehead atoms. The van der Waals surface area contributed by atoms with Crippen molar-refractivity contribution in [2.24, 2.45) is 0 Å². The highest BCUT2D eigenvalue weighted by Crippen LogP contribution is 2.31. The smallest absolute Gasteiger partial charge is 0.276 e. The second-order valence-electron chi connectivity index (χ2n) is 7.48. The van der Waals surface area contributed by atoms with E-state index in [9.17, 15) is 4.79 Å². The number of carbonyl (C=O) groups is 1. The summed E-state index contributed by atoms with van der Waals surface area (Å²) in [6, 6.07) is 12.1. The Morgan fingerprint density at radius 1 is 1.21 bits per heavy atom. The van der Waals surface area contributed by atoms with E-state index in [2.05, 4.69) is 5.32 Å². The molecule has 1 amide bonds. The third kappa shape index (κ3) is 3.98. The number of aryl methyl sites for hydroxylation is 2. The van der Waals surface area contributed by atoms with Crippen LogP contribution in [0.2, 0.25) is 0 Å². The van der Waals surface area contributed by atoms with Gasteiger partial charge in [0.05, 0.1) is 7.11 Å². The minimum absolute atomic E-state index is 0.0540. The number of thiocarbonyl (C=S) groups is 1. The number of carbonyl (C=O) groups excluding carboxylic acids is 1. The predicted molar refractivity (Wildman–Crippen MR) is 117 cm³/mol. The Kier molecular flexibility index (Phi) is 5.28. The molecule has 2 aromatic rings. The molecule has 2 aromatic carbocycles. The van der Waals surface area contributed by atoms with Gasteiger partial charge < -0.3 is 14.8 Å². The van der Waals surface area contributed by atoms with Crippen LogP contribution in [0.5, 0.6) is 11.5 Å². The number of ether oxygens (including phenoxy) is 2. The van der Waals surface area contributed by atoms with Crippen molar-refractivity contribution in [2.45, 2.75) is 39.3 Å². The Bertz CT molecular complexity index is 991. The van der Waals surface area contributed by atoms with Crippen LogP contribution in [-0.4, -0.2) is 29.1 Å². The van der Waals surface area contributed by atoms with Crippen molar-refractivity contribution >= 4 is 29.3 Å². The second-order valence-corrected chi connectivity index (χ2v) is 7.86. The number of para-hydroxylation sites is 1. The van der Waals surface area contributed by atoms with Gasteiger partial charge in [-0.05, 0) is 73.8 Å². The van der Waals surface area contributed by atoms with Crippen LogP contribution in [0.3, 0.4) is 0 Å². The van der Waals surface area contributed by atoms with E-state index in [1.165, 1.54) is 0 Å². The summed E-state index contributed by atoms with van der Waals surface area (Å²) in [5.41, 5.74) is 4.50. The molecule has 1 aliphatic heterocycles. The lowest BCUT2D eigenvalue weighted by Gasteiger charge is -2.14. The van der Waals surface area contributed by atoms with Gasteiger partial charge in [0.2, 0.25) is 0 Å². The van der Waals surface area contributed by atoms with E-state index < -0.39 is 0 Å². The van der Waals surface area contributed by atoms with Crippen molar-refractivity contribution in [1.82, 2.24) is 10.2 Å². The third-order valence-electron chi connectivity index (χ3n) is 5.22. The van der Waals surface area contributed by atoms with Crippen molar-refractivity contribution in [3.63, 3.8) is 0 Å². The maximum Gasteiger partial charge on any atom is 0.276 e. The standard InChI is InChI=1S/C23H24N2O3S/c1-14-5-4-6-15(2)21(14)28-13-17-11-16(7-10-20(17)27-3)12-19-22(26)25(18-8-9-18)23(29)24-19/h4-7,10-12,18H,8-9,13H2,1-3H3,(H,24,29)/b19-12+. The first-order valence-electron chi connectivity index (χ1n) is 9.70. The first kappa shape index (κ1) is 19.5. The third-order valence-corrected chi connectivity index (χ3v) is 5.52. The van der Waals surface area contributed by atoms with Crippen molar-refractivity contribution in [2.75, 3.05) is 7.11 Å². The molecule has 5 nitrogen and oxygen atoms in total. The molecule has 1 aliphatic carbocycles. The molecule has 0 radical (unpaired) electrons. The van der Waals surface area contributed by atoms with Crippen LogP contribution >= 0.6 is 12.2 Å². The van der Waals surface area contributed by atoms with Gasteiger partial charge in [-0.1, -0.05) is 24.3 Å². The lowest BCUT2D eigenvalue weighted by Crippen LogP contribution is -2.32. The van der Waals surface area contributed by atoms with Gasteiger partial charge in [0.15, 0.2) is 5.11 Å². The highest BCUT2D eigenvalue weighted by Gasteiger charge is 2.41. The largest absolute Gasteiger partial charge is 0.496 e. The van der Waals surface area contributed by atoms with Crippen LogP contribution < -0.4 is 14.8 Å². The summed E-state index contributed by atoms with van der Waals surface area (Å²) in [6.07, 6.45) is 3.87. The summed E-state index contributed by atoms with van der Waals surface area (Å²) in [7, 11) is 1.64. The minimum atomic E-state index is -0.0540. The fraction of sp³-hybridized carbons (Fsp3) is 0.304. The van der Waals surface area contributed by atoms with Crippen LogP contribution in [0.4, 0.5) is 0 Å². The SMILES string of the molecule is COc1ccc(/C=C2/NC(=S)N(C3CC3)C2=O)cc1COc1c(C)cccc1C. The van der Waals surface area contributed by atoms with Gasteiger partial charge in [-0.15, -0.1) is 0 Å². The molecule has 1 saturated heterocycles. The van der Waals surface area contributed by atoms with Gasteiger partial charge in [-0.3, -0.25) is 9.69 Å². The molecule has 0 aromatic heterocycles. The molecule has 150 valence electrons.